The van der Waals surface area contributed by atoms with Crippen LogP contribution in [0.4, 0.5) is 10.1 Å². The van der Waals surface area contributed by atoms with Crippen molar-refractivity contribution in [3.63, 3.8) is 0 Å². The normalized spacial score (nSPS) is 14.2. The SMILES string of the molecule is Cc1cc(N2CCCC2)c(F)cc1C=NNC(=O)Cc1ccccc1. The molecule has 25 heavy (non-hydrogen) atoms. The second kappa shape index (κ2) is 7.92. The third kappa shape index (κ3) is 4.44. The summed E-state index contributed by atoms with van der Waals surface area (Å²) in [7, 11) is 0. The zero-order chi connectivity index (χ0) is 17.6. The molecular formula is C20H22FN3O. The lowest BCUT2D eigenvalue weighted by atomic mass is 10.1. The molecule has 2 aromatic carbocycles. The van der Waals surface area contributed by atoms with E-state index in [9.17, 15) is 9.18 Å². The molecule has 5 heteroatoms. The van der Waals surface area contributed by atoms with E-state index in [1.807, 2.05) is 43.3 Å². The van der Waals surface area contributed by atoms with E-state index in [4.69, 9.17) is 0 Å². The Labute approximate surface area is 147 Å². The predicted molar refractivity (Wildman–Crippen MR) is 98.5 cm³/mol. The maximum absolute atomic E-state index is 14.4. The van der Waals surface area contributed by atoms with Gasteiger partial charge in [-0.1, -0.05) is 30.3 Å². The summed E-state index contributed by atoms with van der Waals surface area (Å²) >= 11 is 0. The smallest absolute Gasteiger partial charge is 0.244 e. The van der Waals surface area contributed by atoms with Crippen molar-refractivity contribution in [2.24, 2.45) is 5.10 Å². The van der Waals surface area contributed by atoms with Crippen LogP contribution < -0.4 is 10.3 Å². The molecule has 0 bridgehead atoms. The van der Waals surface area contributed by atoms with Crippen molar-refractivity contribution in [2.75, 3.05) is 18.0 Å². The topological polar surface area (TPSA) is 44.7 Å². The van der Waals surface area contributed by atoms with Crippen LogP contribution in [0.3, 0.4) is 0 Å². The molecule has 3 rings (SSSR count). The number of benzene rings is 2. The van der Waals surface area contributed by atoms with E-state index in [1.54, 1.807) is 0 Å². The van der Waals surface area contributed by atoms with E-state index < -0.39 is 0 Å². The Morgan fingerprint density at radius 2 is 1.96 bits per heavy atom. The van der Waals surface area contributed by atoms with Gasteiger partial charge in [0.1, 0.15) is 5.82 Å². The average molecular weight is 339 g/mol. The number of rotatable bonds is 5. The first-order valence-corrected chi connectivity index (χ1v) is 8.54. The summed E-state index contributed by atoms with van der Waals surface area (Å²) in [5.74, 6) is -0.446. The molecule has 130 valence electrons. The van der Waals surface area contributed by atoms with Gasteiger partial charge in [-0.3, -0.25) is 4.79 Å². The first kappa shape index (κ1) is 17.1. The van der Waals surface area contributed by atoms with Gasteiger partial charge in [0.25, 0.3) is 0 Å². The summed E-state index contributed by atoms with van der Waals surface area (Å²) in [6.07, 6.45) is 3.97. The number of aryl methyl sites for hydroxylation is 1. The minimum absolute atomic E-state index is 0.200. The Kier molecular flexibility index (Phi) is 5.43. The van der Waals surface area contributed by atoms with E-state index in [0.29, 0.717) is 11.3 Å². The molecule has 0 spiro atoms. The Morgan fingerprint density at radius 1 is 1.24 bits per heavy atom. The van der Waals surface area contributed by atoms with Crippen LogP contribution in [0.5, 0.6) is 0 Å². The van der Waals surface area contributed by atoms with Crippen LogP contribution in [0, 0.1) is 12.7 Å². The van der Waals surface area contributed by atoms with E-state index in [0.717, 1.165) is 37.1 Å². The molecule has 1 fully saturated rings. The second-order valence-corrected chi connectivity index (χ2v) is 6.31. The van der Waals surface area contributed by atoms with Gasteiger partial charge in [0.2, 0.25) is 5.91 Å². The van der Waals surface area contributed by atoms with Crippen molar-refractivity contribution in [3.05, 3.63) is 65.0 Å². The molecule has 1 aliphatic rings. The average Bonchev–Trinajstić information content (AvgIpc) is 3.13. The summed E-state index contributed by atoms with van der Waals surface area (Å²) < 4.78 is 14.4. The first-order valence-electron chi connectivity index (χ1n) is 8.54. The third-order valence-electron chi connectivity index (χ3n) is 4.38. The van der Waals surface area contributed by atoms with Gasteiger partial charge < -0.3 is 4.90 Å². The first-order chi connectivity index (χ1) is 12.1. The van der Waals surface area contributed by atoms with Crippen molar-refractivity contribution < 1.29 is 9.18 Å². The maximum atomic E-state index is 14.4. The number of halogens is 1. The molecule has 0 atom stereocenters. The molecule has 2 aromatic rings. The molecule has 1 aliphatic heterocycles. The molecule has 1 N–H and O–H groups in total. The fourth-order valence-electron chi connectivity index (χ4n) is 3.02. The lowest BCUT2D eigenvalue weighted by molar-refractivity contribution is -0.120. The van der Waals surface area contributed by atoms with Gasteiger partial charge in [0.05, 0.1) is 18.3 Å². The number of hydrazone groups is 1. The van der Waals surface area contributed by atoms with Gasteiger partial charge in [0.15, 0.2) is 0 Å². The van der Waals surface area contributed by atoms with Crippen LogP contribution in [0.15, 0.2) is 47.6 Å². The molecule has 0 aliphatic carbocycles. The van der Waals surface area contributed by atoms with Crippen molar-refractivity contribution in [1.29, 1.82) is 0 Å². The quantitative estimate of drug-likeness (QED) is 0.670. The third-order valence-corrected chi connectivity index (χ3v) is 4.38. The fraction of sp³-hybridized carbons (Fsp3) is 0.300. The largest absolute Gasteiger partial charge is 0.369 e. The lowest BCUT2D eigenvalue weighted by Gasteiger charge is -2.19. The number of nitrogens with zero attached hydrogens (tertiary/aromatic N) is 2. The van der Waals surface area contributed by atoms with Crippen LogP contribution in [0.1, 0.15) is 29.5 Å². The second-order valence-electron chi connectivity index (χ2n) is 6.31. The molecule has 0 saturated carbocycles. The van der Waals surface area contributed by atoms with Gasteiger partial charge in [-0.25, -0.2) is 9.82 Å². The monoisotopic (exact) mass is 339 g/mol. The highest BCUT2D eigenvalue weighted by Gasteiger charge is 2.17. The fourth-order valence-corrected chi connectivity index (χ4v) is 3.02. The minimum Gasteiger partial charge on any atom is -0.369 e. The predicted octanol–water partition coefficient (Wildman–Crippen LogP) is 3.43. The van der Waals surface area contributed by atoms with Crippen LogP contribution >= 0.6 is 0 Å². The number of hydrogen-bond acceptors (Lipinski definition) is 3. The Morgan fingerprint density at radius 3 is 2.68 bits per heavy atom. The molecule has 0 aromatic heterocycles. The molecule has 1 amide bonds. The Hall–Kier alpha value is -2.69. The number of amides is 1. The zero-order valence-corrected chi connectivity index (χ0v) is 14.3. The van der Waals surface area contributed by atoms with Crippen LogP contribution in [0.25, 0.3) is 0 Å². The van der Waals surface area contributed by atoms with Crippen LogP contribution in [-0.4, -0.2) is 25.2 Å². The number of carbonyl (C=O) groups is 1. The Bertz CT molecular complexity index is 768. The van der Waals surface area contributed by atoms with Gasteiger partial charge in [-0.15, -0.1) is 0 Å². The van der Waals surface area contributed by atoms with Crippen molar-refractivity contribution in [3.8, 4) is 0 Å². The Balaban J connectivity index is 1.63. The highest BCUT2D eigenvalue weighted by Crippen LogP contribution is 2.26. The lowest BCUT2D eigenvalue weighted by Crippen LogP contribution is -2.20. The molecule has 4 nitrogen and oxygen atoms in total. The maximum Gasteiger partial charge on any atom is 0.244 e. The van der Waals surface area contributed by atoms with Crippen molar-refractivity contribution in [1.82, 2.24) is 5.43 Å². The van der Waals surface area contributed by atoms with Crippen molar-refractivity contribution >= 4 is 17.8 Å². The zero-order valence-electron chi connectivity index (χ0n) is 14.3. The number of anilines is 1. The molecular weight excluding hydrogens is 317 g/mol. The van der Waals surface area contributed by atoms with E-state index in [-0.39, 0.29) is 18.1 Å². The van der Waals surface area contributed by atoms with E-state index in [1.165, 1.54) is 12.3 Å². The molecule has 0 unspecified atom stereocenters. The summed E-state index contributed by atoms with van der Waals surface area (Å²) in [5.41, 5.74) is 5.67. The molecule has 0 radical (unpaired) electrons. The number of carbonyl (C=O) groups excluding carboxylic acids is 1. The number of nitrogens with one attached hydrogen (secondary N) is 1. The highest BCUT2D eigenvalue weighted by atomic mass is 19.1. The van der Waals surface area contributed by atoms with Crippen molar-refractivity contribution in [2.45, 2.75) is 26.2 Å². The van der Waals surface area contributed by atoms with Gasteiger partial charge in [0, 0.05) is 18.7 Å². The van der Waals surface area contributed by atoms with E-state index >= 15 is 0 Å². The van der Waals surface area contributed by atoms with Gasteiger partial charge in [-0.05, 0) is 43.0 Å². The van der Waals surface area contributed by atoms with Crippen LogP contribution in [-0.2, 0) is 11.2 Å². The minimum atomic E-state index is -0.246. The standard InChI is InChI=1S/C20H22FN3O/c1-15-11-19(24-9-5-6-10-24)18(21)13-17(15)14-22-23-20(25)12-16-7-3-2-4-8-16/h2-4,7-8,11,13-14H,5-6,9-10,12H2,1H3,(H,23,25). The summed E-state index contributed by atoms with van der Waals surface area (Å²) in [6, 6.07) is 12.8. The molecule has 1 heterocycles. The van der Waals surface area contributed by atoms with Gasteiger partial charge >= 0.3 is 0 Å². The van der Waals surface area contributed by atoms with Gasteiger partial charge in [-0.2, -0.15) is 5.10 Å². The highest BCUT2D eigenvalue weighted by molar-refractivity contribution is 5.85. The van der Waals surface area contributed by atoms with E-state index in [2.05, 4.69) is 15.4 Å². The number of hydrogen-bond donors (Lipinski definition) is 1. The summed E-state index contributed by atoms with van der Waals surface area (Å²) in [6.45, 7) is 3.73. The summed E-state index contributed by atoms with van der Waals surface area (Å²) in [5, 5.41) is 3.96. The molecule has 1 saturated heterocycles. The summed E-state index contributed by atoms with van der Waals surface area (Å²) in [4.78, 5) is 14.0. The van der Waals surface area contributed by atoms with Crippen LogP contribution in [0.2, 0.25) is 0 Å².